The molecule has 0 saturated heterocycles. The van der Waals surface area contributed by atoms with Crippen molar-refractivity contribution in [2.24, 2.45) is 7.05 Å². The van der Waals surface area contributed by atoms with Crippen LogP contribution in [0.4, 0.5) is 9.80 Å². The van der Waals surface area contributed by atoms with Gasteiger partial charge in [0.2, 0.25) is 0 Å². The normalized spacial score (nSPS) is 13.6. The second kappa shape index (κ2) is 7.12. The highest BCUT2D eigenvalue weighted by atomic mass is 32.1. The first-order chi connectivity index (χ1) is 13.1. The predicted molar refractivity (Wildman–Crippen MR) is 97.8 cm³/mol. The molecule has 0 bridgehead atoms. The summed E-state index contributed by atoms with van der Waals surface area (Å²) >= 11 is 1.21. The van der Waals surface area contributed by atoms with Gasteiger partial charge in [-0.3, -0.25) is 9.32 Å². The molecule has 3 heterocycles. The number of ether oxygens (including phenoxy) is 1. The van der Waals surface area contributed by atoms with Crippen molar-refractivity contribution >= 4 is 28.3 Å². The number of fused-ring (bicyclic) bond motifs is 1. The number of nitriles is 1. The average Bonchev–Trinajstić information content (AvgIpc) is 3.11. The number of anilines is 1. The third kappa shape index (κ3) is 3.77. The van der Waals surface area contributed by atoms with Crippen molar-refractivity contribution < 1.29 is 23.5 Å². The number of aryl methyl sites for hydroxylation is 1. The quantitative estimate of drug-likeness (QED) is 0.722. The van der Waals surface area contributed by atoms with Crippen LogP contribution in [0.5, 0.6) is 0 Å². The van der Waals surface area contributed by atoms with E-state index in [2.05, 4.69) is 21.2 Å². The average molecular weight is 406 g/mol. The fourth-order valence-corrected chi connectivity index (χ4v) is 4.05. The van der Waals surface area contributed by atoms with Crippen molar-refractivity contribution in [2.75, 3.05) is 11.9 Å². The molecule has 0 unspecified atom stereocenters. The van der Waals surface area contributed by atoms with E-state index < -0.39 is 23.2 Å². The molecule has 0 radical (unpaired) electrons. The molecule has 28 heavy (non-hydrogen) atoms. The van der Waals surface area contributed by atoms with E-state index in [-0.39, 0.29) is 5.69 Å². The molecular weight excluding hydrogens is 386 g/mol. The number of rotatable bonds is 2. The van der Waals surface area contributed by atoms with E-state index in [1.807, 2.05) is 0 Å². The number of hydrogen-bond acceptors (Lipinski definition) is 7. The third-order valence-electron chi connectivity index (χ3n) is 4.07. The van der Waals surface area contributed by atoms with Crippen LogP contribution >= 0.6 is 11.3 Å². The number of carbonyl (C=O) groups is 2. The second-order valence-electron chi connectivity index (χ2n) is 7.31. The maximum Gasteiger partial charge on any atom is 0.440 e. The van der Waals surface area contributed by atoms with Crippen molar-refractivity contribution in [1.82, 2.24) is 10.2 Å². The van der Waals surface area contributed by atoms with E-state index in [0.717, 1.165) is 15.1 Å². The first kappa shape index (κ1) is 19.6. The van der Waals surface area contributed by atoms with Gasteiger partial charge in [-0.05, 0) is 38.0 Å². The van der Waals surface area contributed by atoms with Gasteiger partial charge < -0.3 is 15.0 Å². The molecule has 0 fully saturated rings. The second-order valence-corrected chi connectivity index (χ2v) is 8.42. The van der Waals surface area contributed by atoms with Crippen LogP contribution in [0.2, 0.25) is 0 Å². The van der Waals surface area contributed by atoms with Gasteiger partial charge in [0.1, 0.15) is 16.7 Å². The first-order valence-electron chi connectivity index (χ1n) is 8.52. The molecule has 2 aromatic rings. The van der Waals surface area contributed by atoms with Crippen LogP contribution < -0.4 is 15.6 Å². The van der Waals surface area contributed by atoms with Gasteiger partial charge in [-0.1, -0.05) is 4.68 Å². The number of nitrogens with zero attached hydrogens (tertiary/aromatic N) is 3. The Morgan fingerprint density at radius 1 is 1.43 bits per heavy atom. The smallest absolute Gasteiger partial charge is 0.440 e. The van der Waals surface area contributed by atoms with Gasteiger partial charge in [-0.15, -0.1) is 11.3 Å². The van der Waals surface area contributed by atoms with Gasteiger partial charge in [-0.2, -0.15) is 5.26 Å². The fourth-order valence-electron chi connectivity index (χ4n) is 2.84. The van der Waals surface area contributed by atoms with E-state index in [9.17, 15) is 19.6 Å². The topological polar surface area (TPSA) is 132 Å². The van der Waals surface area contributed by atoms with Crippen LogP contribution in [0, 0.1) is 11.3 Å². The number of amides is 2. The lowest BCUT2D eigenvalue weighted by atomic mass is 10.0. The highest BCUT2D eigenvalue weighted by Crippen LogP contribution is 2.37. The fraction of sp³-hybridized carbons (Fsp3) is 0.471. The van der Waals surface area contributed by atoms with Crippen molar-refractivity contribution in [2.45, 2.75) is 39.3 Å². The Hall–Kier alpha value is -3.13. The summed E-state index contributed by atoms with van der Waals surface area (Å²) in [5.41, 5.74) is -0.480. The molecule has 1 aliphatic rings. The van der Waals surface area contributed by atoms with Crippen molar-refractivity contribution in [3.05, 3.63) is 32.1 Å². The van der Waals surface area contributed by atoms with Crippen molar-refractivity contribution in [3.8, 4) is 6.07 Å². The molecule has 0 atom stereocenters. The van der Waals surface area contributed by atoms with Crippen LogP contribution in [-0.4, -0.2) is 34.3 Å². The maximum atomic E-state index is 12.4. The largest absolute Gasteiger partial charge is 0.444 e. The minimum absolute atomic E-state index is 0.217. The molecule has 11 heteroatoms. The monoisotopic (exact) mass is 406 g/mol. The number of hydrogen-bond donors (Lipinski definition) is 2. The van der Waals surface area contributed by atoms with E-state index in [1.54, 1.807) is 25.7 Å². The molecule has 2 amide bonds. The Bertz CT molecular complexity index is 1040. The summed E-state index contributed by atoms with van der Waals surface area (Å²) in [6, 6.07) is 2.11. The molecule has 148 valence electrons. The van der Waals surface area contributed by atoms with E-state index >= 15 is 0 Å². The van der Waals surface area contributed by atoms with Crippen molar-refractivity contribution in [1.29, 1.82) is 5.26 Å². The SMILES string of the molecule is C[n+]1[nH]oc(=O)c1C(=O)Nc1sc2c(c1C#N)CCN(C(=O)OC(C)(C)C)C2. The van der Waals surface area contributed by atoms with Gasteiger partial charge in [0, 0.05) is 11.4 Å². The van der Waals surface area contributed by atoms with Gasteiger partial charge in [-0.25, -0.2) is 9.59 Å². The Morgan fingerprint density at radius 3 is 2.71 bits per heavy atom. The summed E-state index contributed by atoms with van der Waals surface area (Å²) in [5.74, 6) is -0.684. The zero-order chi connectivity index (χ0) is 20.6. The van der Waals surface area contributed by atoms with Gasteiger partial charge in [0.05, 0.1) is 12.1 Å². The summed E-state index contributed by atoms with van der Waals surface area (Å²) in [6.07, 6.45) is 0.0526. The molecule has 1 aliphatic heterocycles. The Morgan fingerprint density at radius 2 is 2.14 bits per heavy atom. The minimum atomic E-state index is -0.809. The van der Waals surface area contributed by atoms with E-state index in [1.165, 1.54) is 18.4 Å². The molecule has 0 saturated carbocycles. The minimum Gasteiger partial charge on any atom is -0.444 e. The highest BCUT2D eigenvalue weighted by molar-refractivity contribution is 7.16. The number of carbonyl (C=O) groups excluding carboxylic acids is 2. The molecule has 0 aliphatic carbocycles. The molecule has 0 spiro atoms. The summed E-state index contributed by atoms with van der Waals surface area (Å²) in [4.78, 5) is 38.8. The molecule has 2 aromatic heterocycles. The number of aromatic nitrogens is 2. The van der Waals surface area contributed by atoms with E-state index in [0.29, 0.717) is 30.1 Å². The lowest BCUT2D eigenvalue weighted by molar-refractivity contribution is -0.741. The molecule has 0 aromatic carbocycles. The molecule has 2 N–H and O–H groups in total. The first-order valence-corrected chi connectivity index (χ1v) is 9.33. The predicted octanol–water partition coefficient (Wildman–Crippen LogP) is 1.27. The summed E-state index contributed by atoms with van der Waals surface area (Å²) in [7, 11) is 1.46. The van der Waals surface area contributed by atoms with Gasteiger partial charge in [0.15, 0.2) is 7.05 Å². The van der Waals surface area contributed by atoms with Crippen LogP contribution in [0.25, 0.3) is 0 Å². The third-order valence-corrected chi connectivity index (χ3v) is 5.20. The zero-order valence-electron chi connectivity index (χ0n) is 15.9. The molecular formula is C17H20N5O5S+. The van der Waals surface area contributed by atoms with Crippen molar-refractivity contribution in [3.63, 3.8) is 0 Å². The lowest BCUT2D eigenvalue weighted by Crippen LogP contribution is -2.41. The molecule has 3 rings (SSSR count). The standard InChI is InChI=1S/C17H19N5O5S/c1-17(2,3)26-16(25)22-6-5-9-10(7-18)14(28-11(9)8-22)19-13(23)12-15(24)27-20-21(12)4/h5-6,8H2,1-4H3,(H-,19,20,23,24)/p+1. The highest BCUT2D eigenvalue weighted by Gasteiger charge is 2.32. The Balaban J connectivity index is 1.84. The number of H-pyrrole nitrogens is 1. The summed E-state index contributed by atoms with van der Waals surface area (Å²) in [6.45, 7) is 6.09. The summed E-state index contributed by atoms with van der Waals surface area (Å²) in [5, 5.41) is 14.8. The Kier molecular flexibility index (Phi) is 4.99. The van der Waals surface area contributed by atoms with Crippen LogP contribution in [0.1, 0.15) is 47.3 Å². The lowest BCUT2D eigenvalue weighted by Gasteiger charge is -2.29. The maximum absolute atomic E-state index is 12.4. The summed E-state index contributed by atoms with van der Waals surface area (Å²) < 4.78 is 11.1. The zero-order valence-corrected chi connectivity index (χ0v) is 16.7. The van der Waals surface area contributed by atoms with Gasteiger partial charge in [0.25, 0.3) is 0 Å². The number of thiophene rings is 1. The van der Waals surface area contributed by atoms with E-state index in [4.69, 9.17) is 4.74 Å². The van der Waals surface area contributed by atoms with Crippen LogP contribution in [-0.2, 0) is 24.8 Å². The van der Waals surface area contributed by atoms with Gasteiger partial charge >= 0.3 is 23.3 Å². The number of aromatic amines is 1. The molecule has 10 nitrogen and oxygen atoms in total. The Labute approximate surface area is 164 Å². The van der Waals surface area contributed by atoms with Crippen LogP contribution in [0.3, 0.4) is 0 Å². The number of nitrogens with one attached hydrogen (secondary N) is 2. The van der Waals surface area contributed by atoms with Crippen LogP contribution in [0.15, 0.2) is 9.32 Å².